The lowest BCUT2D eigenvalue weighted by molar-refractivity contribution is 0.646. The smallest absolute Gasteiger partial charge is 0.0538 e. The number of para-hydroxylation sites is 1. The van der Waals surface area contributed by atoms with Gasteiger partial charge in [0.15, 0.2) is 0 Å². The molecule has 0 spiro atoms. The molecule has 0 unspecified atom stereocenters. The van der Waals surface area contributed by atoms with Crippen molar-refractivity contribution in [3.8, 4) is 39.1 Å². The highest BCUT2D eigenvalue weighted by Gasteiger charge is 2.40. The number of fused-ring (bicyclic) bond motifs is 5. The maximum Gasteiger partial charge on any atom is 0.0538 e. The third-order valence-electron chi connectivity index (χ3n) is 7.77. The van der Waals surface area contributed by atoms with Gasteiger partial charge in [0.1, 0.15) is 0 Å². The molecule has 1 aliphatic rings. The van der Waals surface area contributed by atoms with Gasteiger partial charge in [0.2, 0.25) is 0 Å². The van der Waals surface area contributed by atoms with E-state index in [1.165, 1.54) is 61.2 Å². The highest BCUT2D eigenvalue weighted by Crippen LogP contribution is 2.52. The summed E-state index contributed by atoms with van der Waals surface area (Å²) in [6.07, 6.45) is 0. The van der Waals surface area contributed by atoms with Crippen molar-refractivity contribution in [3.63, 3.8) is 0 Å². The van der Waals surface area contributed by atoms with E-state index in [9.17, 15) is 0 Å². The Morgan fingerprint density at radius 1 is 0.500 bits per heavy atom. The van der Waals surface area contributed by atoms with Crippen LogP contribution < -0.4 is 0 Å². The van der Waals surface area contributed by atoms with Crippen LogP contribution in [0.5, 0.6) is 0 Å². The summed E-state index contributed by atoms with van der Waals surface area (Å²) < 4.78 is 2.50. The molecule has 0 aliphatic carbocycles. The largest absolute Gasteiger partial charge is 0.312 e. The van der Waals surface area contributed by atoms with Gasteiger partial charge in [0, 0.05) is 22.1 Å². The number of rotatable bonds is 3. The van der Waals surface area contributed by atoms with Crippen molar-refractivity contribution in [3.05, 3.63) is 139 Å². The van der Waals surface area contributed by atoms with Crippen LogP contribution in [-0.4, -0.2) is 4.57 Å². The average molecular weight is 462 g/mol. The van der Waals surface area contributed by atoms with Gasteiger partial charge in [-0.05, 0) is 51.6 Å². The van der Waals surface area contributed by atoms with Gasteiger partial charge in [0.05, 0.1) is 11.2 Å². The van der Waals surface area contributed by atoms with Crippen LogP contribution >= 0.6 is 0 Å². The second kappa shape index (κ2) is 7.83. The Hall–Kier alpha value is -4.36. The van der Waals surface area contributed by atoms with Gasteiger partial charge in [-0.3, -0.25) is 0 Å². The molecule has 0 atom stereocenters. The Morgan fingerprint density at radius 3 is 1.72 bits per heavy atom. The monoisotopic (exact) mass is 461 g/mol. The summed E-state index contributed by atoms with van der Waals surface area (Å²) in [7, 11) is 0. The lowest BCUT2D eigenvalue weighted by Gasteiger charge is -2.22. The van der Waals surface area contributed by atoms with Crippen LogP contribution in [0.2, 0.25) is 0 Å². The minimum absolute atomic E-state index is 0.132. The maximum absolute atomic E-state index is 2.50. The van der Waals surface area contributed by atoms with Crippen molar-refractivity contribution < 1.29 is 0 Å². The fourth-order valence-corrected chi connectivity index (χ4v) is 6.00. The molecule has 0 fully saturated rings. The predicted octanol–water partition coefficient (Wildman–Crippen LogP) is 9.27. The Bertz CT molecular complexity index is 1700. The summed E-state index contributed by atoms with van der Waals surface area (Å²) in [6, 6.07) is 46.2. The zero-order valence-electron chi connectivity index (χ0n) is 20.6. The minimum atomic E-state index is -0.132. The Labute approximate surface area is 212 Å². The van der Waals surface area contributed by atoms with Gasteiger partial charge >= 0.3 is 0 Å². The molecule has 0 amide bonds. The van der Waals surface area contributed by atoms with E-state index in [4.69, 9.17) is 0 Å². The van der Waals surface area contributed by atoms with E-state index in [2.05, 4.69) is 146 Å². The van der Waals surface area contributed by atoms with Crippen molar-refractivity contribution in [1.29, 1.82) is 0 Å². The SMILES string of the molecule is CC1(C)c2cc(-c3ccccc3)ccc2-n2c1c(-c1ccc(-c3ccccc3)cc1)c1ccccc12. The predicted molar refractivity (Wildman–Crippen MR) is 152 cm³/mol. The average Bonchev–Trinajstić information content (AvgIpc) is 3.40. The molecule has 0 saturated heterocycles. The fourth-order valence-electron chi connectivity index (χ4n) is 6.00. The van der Waals surface area contributed by atoms with Crippen molar-refractivity contribution >= 4 is 10.9 Å². The van der Waals surface area contributed by atoms with E-state index in [0.29, 0.717) is 0 Å². The molecule has 7 rings (SSSR count). The van der Waals surface area contributed by atoms with Gasteiger partial charge in [-0.1, -0.05) is 123 Å². The van der Waals surface area contributed by atoms with E-state index in [-0.39, 0.29) is 5.41 Å². The van der Waals surface area contributed by atoms with Gasteiger partial charge in [-0.15, -0.1) is 0 Å². The topological polar surface area (TPSA) is 4.93 Å². The number of benzene rings is 5. The molecular weight excluding hydrogens is 434 g/mol. The molecule has 0 bridgehead atoms. The van der Waals surface area contributed by atoms with Crippen LogP contribution in [0.3, 0.4) is 0 Å². The van der Waals surface area contributed by atoms with Crippen molar-refractivity contribution in [1.82, 2.24) is 4.57 Å². The highest BCUT2D eigenvalue weighted by molar-refractivity contribution is 6.01. The Kier molecular flexibility index (Phi) is 4.56. The van der Waals surface area contributed by atoms with Crippen LogP contribution in [-0.2, 0) is 5.41 Å². The molecule has 1 aromatic heterocycles. The van der Waals surface area contributed by atoms with E-state index in [1.807, 2.05) is 0 Å². The van der Waals surface area contributed by atoms with Crippen LogP contribution in [0, 0.1) is 0 Å². The molecule has 6 aromatic rings. The van der Waals surface area contributed by atoms with Crippen LogP contribution in [0.15, 0.2) is 127 Å². The molecule has 1 aliphatic heterocycles. The molecule has 0 radical (unpaired) electrons. The second-order valence-corrected chi connectivity index (χ2v) is 10.2. The third kappa shape index (κ3) is 3.03. The highest BCUT2D eigenvalue weighted by atomic mass is 15.0. The molecule has 1 heteroatoms. The lowest BCUT2D eigenvalue weighted by atomic mass is 9.79. The molecule has 36 heavy (non-hydrogen) atoms. The van der Waals surface area contributed by atoms with Crippen molar-refractivity contribution in [2.45, 2.75) is 19.3 Å². The molecule has 5 aromatic carbocycles. The summed E-state index contributed by atoms with van der Waals surface area (Å²) in [5, 5.41) is 1.31. The first-order valence-electron chi connectivity index (χ1n) is 12.6. The molecular formula is C35H27N. The zero-order valence-corrected chi connectivity index (χ0v) is 20.6. The first kappa shape index (κ1) is 21.0. The molecule has 2 heterocycles. The number of aromatic nitrogens is 1. The van der Waals surface area contributed by atoms with Gasteiger partial charge < -0.3 is 4.57 Å². The minimum Gasteiger partial charge on any atom is -0.312 e. The summed E-state index contributed by atoms with van der Waals surface area (Å²) in [6.45, 7) is 4.75. The van der Waals surface area contributed by atoms with Gasteiger partial charge in [-0.25, -0.2) is 0 Å². The van der Waals surface area contributed by atoms with E-state index in [0.717, 1.165) is 0 Å². The van der Waals surface area contributed by atoms with Crippen molar-refractivity contribution in [2.24, 2.45) is 0 Å². The summed E-state index contributed by atoms with van der Waals surface area (Å²) in [5.41, 5.74) is 12.8. The maximum atomic E-state index is 2.50. The third-order valence-corrected chi connectivity index (χ3v) is 7.77. The first-order valence-corrected chi connectivity index (χ1v) is 12.6. The zero-order chi connectivity index (χ0) is 24.3. The number of nitrogens with zero attached hydrogens (tertiary/aromatic N) is 1. The van der Waals surface area contributed by atoms with Crippen LogP contribution in [0.1, 0.15) is 25.1 Å². The lowest BCUT2D eigenvalue weighted by Crippen LogP contribution is -2.16. The summed E-state index contributed by atoms with van der Waals surface area (Å²) in [5.74, 6) is 0. The van der Waals surface area contributed by atoms with E-state index in [1.54, 1.807) is 0 Å². The van der Waals surface area contributed by atoms with Crippen LogP contribution in [0.25, 0.3) is 50.0 Å². The summed E-state index contributed by atoms with van der Waals surface area (Å²) in [4.78, 5) is 0. The normalized spacial score (nSPS) is 13.5. The fraction of sp³-hybridized carbons (Fsp3) is 0.0857. The number of hydrogen-bond acceptors (Lipinski definition) is 0. The van der Waals surface area contributed by atoms with Gasteiger partial charge in [0.25, 0.3) is 0 Å². The Morgan fingerprint density at radius 2 is 1.03 bits per heavy atom. The second-order valence-electron chi connectivity index (χ2n) is 10.2. The molecule has 0 N–H and O–H groups in total. The van der Waals surface area contributed by atoms with E-state index < -0.39 is 0 Å². The van der Waals surface area contributed by atoms with E-state index >= 15 is 0 Å². The molecule has 1 nitrogen and oxygen atoms in total. The summed E-state index contributed by atoms with van der Waals surface area (Å²) >= 11 is 0. The molecule has 0 saturated carbocycles. The van der Waals surface area contributed by atoms with Gasteiger partial charge in [-0.2, -0.15) is 0 Å². The number of hydrogen-bond donors (Lipinski definition) is 0. The molecule has 172 valence electrons. The van der Waals surface area contributed by atoms with Crippen molar-refractivity contribution in [2.75, 3.05) is 0 Å². The van der Waals surface area contributed by atoms with Crippen LogP contribution in [0.4, 0.5) is 0 Å². The quantitative estimate of drug-likeness (QED) is 0.247. The standard InChI is InChI=1S/C35H27N/c1-35(2)30-23-28(25-13-7-4-8-14-25)21-22-32(30)36-31-16-10-9-15-29(31)33(34(35)36)27-19-17-26(18-20-27)24-11-5-3-6-12-24/h3-23H,1-2H3. The Balaban J connectivity index is 1.44. The first-order chi connectivity index (χ1) is 17.6.